The molecule has 0 radical (unpaired) electrons. The predicted molar refractivity (Wildman–Crippen MR) is 262 cm³/mol. The molecule has 4 heteroatoms. The molecule has 0 saturated heterocycles. The fourth-order valence-corrected chi connectivity index (χ4v) is 9.87. The molecule has 0 amide bonds. The van der Waals surface area contributed by atoms with Crippen LogP contribution in [0.5, 0.6) is 0 Å². The summed E-state index contributed by atoms with van der Waals surface area (Å²) in [4.78, 5) is 20.0. The molecule has 0 atom stereocenters. The van der Waals surface area contributed by atoms with Gasteiger partial charge in [0.15, 0.2) is 11.6 Å². The van der Waals surface area contributed by atoms with Crippen molar-refractivity contribution in [3.8, 4) is 56.4 Å². The second kappa shape index (κ2) is 14.5. The molecule has 2 heterocycles. The summed E-state index contributed by atoms with van der Waals surface area (Å²) >= 11 is 0. The average molecular weight is 805 g/mol. The van der Waals surface area contributed by atoms with E-state index in [1.54, 1.807) is 0 Å². The summed E-state index contributed by atoms with van der Waals surface area (Å²) in [6, 6.07) is 69.8. The number of nitrogens with zero attached hydrogens (tertiary/aromatic N) is 4. The van der Waals surface area contributed by atoms with Crippen LogP contribution in [0.4, 0.5) is 0 Å². The zero-order valence-corrected chi connectivity index (χ0v) is 34.9. The van der Waals surface area contributed by atoms with E-state index in [2.05, 4.69) is 159 Å². The van der Waals surface area contributed by atoms with Crippen molar-refractivity contribution < 1.29 is 0 Å². The van der Waals surface area contributed by atoms with Gasteiger partial charge >= 0.3 is 0 Å². The van der Waals surface area contributed by atoms with Crippen molar-refractivity contribution in [3.05, 3.63) is 218 Å². The van der Waals surface area contributed by atoms with Crippen LogP contribution in [0.15, 0.2) is 207 Å². The molecule has 1 aliphatic carbocycles. The highest BCUT2D eigenvalue weighted by atomic mass is 14.9. The summed E-state index contributed by atoms with van der Waals surface area (Å²) in [6.45, 7) is 4.73. The van der Waals surface area contributed by atoms with Gasteiger partial charge in [-0.05, 0) is 100 Å². The van der Waals surface area contributed by atoms with Gasteiger partial charge in [0.2, 0.25) is 0 Å². The molecule has 4 nitrogen and oxygen atoms in total. The third-order valence-corrected chi connectivity index (χ3v) is 13.0. The van der Waals surface area contributed by atoms with Crippen molar-refractivity contribution in [3.63, 3.8) is 0 Å². The maximum atomic E-state index is 5.31. The number of hydrogen-bond acceptors (Lipinski definition) is 4. The quantitative estimate of drug-likeness (QED) is 0.178. The van der Waals surface area contributed by atoms with Crippen molar-refractivity contribution in [2.24, 2.45) is 0 Å². The van der Waals surface area contributed by atoms with E-state index in [1.165, 1.54) is 65.3 Å². The van der Waals surface area contributed by atoms with Crippen molar-refractivity contribution in [2.45, 2.75) is 19.3 Å². The van der Waals surface area contributed by atoms with Crippen LogP contribution in [0, 0.1) is 0 Å². The largest absolute Gasteiger partial charge is 0.236 e. The minimum atomic E-state index is -0.172. The number of hydrogen-bond donors (Lipinski definition) is 0. The van der Waals surface area contributed by atoms with Crippen LogP contribution in [0.25, 0.3) is 110 Å². The lowest BCUT2D eigenvalue weighted by Gasteiger charge is -2.22. The minimum Gasteiger partial charge on any atom is -0.236 e. The third kappa shape index (κ3) is 6.06. The van der Waals surface area contributed by atoms with Gasteiger partial charge in [0.1, 0.15) is 0 Å². The smallest absolute Gasteiger partial charge is 0.160 e. The first-order valence-electron chi connectivity index (χ1n) is 21.5. The van der Waals surface area contributed by atoms with Crippen molar-refractivity contribution in [1.29, 1.82) is 0 Å². The van der Waals surface area contributed by atoms with E-state index in [9.17, 15) is 0 Å². The van der Waals surface area contributed by atoms with Crippen LogP contribution >= 0.6 is 0 Å². The normalized spacial score (nSPS) is 12.7. The Morgan fingerprint density at radius 3 is 1.33 bits per heavy atom. The molecule has 0 N–H and O–H groups in total. The second-order valence-electron chi connectivity index (χ2n) is 17.0. The van der Waals surface area contributed by atoms with Crippen LogP contribution in [-0.4, -0.2) is 19.9 Å². The van der Waals surface area contributed by atoms with E-state index < -0.39 is 0 Å². The summed E-state index contributed by atoms with van der Waals surface area (Å²) in [5.74, 6) is 1.31. The molecule has 0 spiro atoms. The fourth-order valence-electron chi connectivity index (χ4n) is 9.87. The highest BCUT2D eigenvalue weighted by Gasteiger charge is 2.35. The summed E-state index contributed by atoms with van der Waals surface area (Å²) in [5.41, 5.74) is 10.4. The topological polar surface area (TPSA) is 51.6 Å². The Morgan fingerprint density at radius 1 is 0.302 bits per heavy atom. The molecule has 9 aromatic carbocycles. The lowest BCUT2D eigenvalue weighted by molar-refractivity contribution is 0.661. The number of aromatic nitrogens is 4. The van der Waals surface area contributed by atoms with Gasteiger partial charge in [-0.3, -0.25) is 0 Å². The molecule has 1 aliphatic rings. The molecule has 0 saturated carbocycles. The molecule has 0 bridgehead atoms. The van der Waals surface area contributed by atoms with Crippen LogP contribution in [-0.2, 0) is 5.41 Å². The molecule has 12 rings (SSSR count). The van der Waals surface area contributed by atoms with E-state index in [-0.39, 0.29) is 5.41 Å². The van der Waals surface area contributed by atoms with Gasteiger partial charge in [0.05, 0.1) is 11.4 Å². The number of rotatable bonds is 4. The van der Waals surface area contributed by atoms with Gasteiger partial charge in [-0.2, -0.15) is 0 Å². The first kappa shape index (κ1) is 36.7. The zero-order chi connectivity index (χ0) is 42.1. The van der Waals surface area contributed by atoms with Gasteiger partial charge < -0.3 is 0 Å². The maximum absolute atomic E-state index is 5.31. The Balaban J connectivity index is 1.21. The van der Waals surface area contributed by atoms with E-state index in [4.69, 9.17) is 19.9 Å². The number of fused-ring (bicyclic) bond motifs is 13. The lowest BCUT2D eigenvalue weighted by atomic mass is 9.81. The van der Waals surface area contributed by atoms with E-state index in [1.807, 2.05) is 60.9 Å². The van der Waals surface area contributed by atoms with Crippen molar-refractivity contribution in [1.82, 2.24) is 19.9 Å². The van der Waals surface area contributed by atoms with Gasteiger partial charge in [-0.15, -0.1) is 0 Å². The van der Waals surface area contributed by atoms with E-state index in [0.717, 1.165) is 44.4 Å². The molecule has 296 valence electrons. The summed E-state index contributed by atoms with van der Waals surface area (Å²) in [7, 11) is 0. The Bertz CT molecular complexity index is 3690. The molecule has 0 unspecified atom stereocenters. The van der Waals surface area contributed by atoms with Crippen LogP contribution in [0.2, 0.25) is 0 Å². The maximum Gasteiger partial charge on any atom is 0.160 e. The Hall–Kier alpha value is -8.08. The summed E-state index contributed by atoms with van der Waals surface area (Å²) in [5, 5.41) is 11.9. The zero-order valence-electron chi connectivity index (χ0n) is 34.9. The van der Waals surface area contributed by atoms with Gasteiger partial charge in [-0.25, -0.2) is 19.9 Å². The Labute approximate surface area is 365 Å². The van der Waals surface area contributed by atoms with Gasteiger partial charge in [-0.1, -0.05) is 184 Å². The summed E-state index contributed by atoms with van der Waals surface area (Å²) < 4.78 is 0. The molecular formula is C59H40N4. The fraction of sp³-hybridized carbons (Fsp3) is 0.0508. The molecule has 11 aromatic rings. The first-order chi connectivity index (χ1) is 31.0. The predicted octanol–water partition coefficient (Wildman–Crippen LogP) is 15.1. The highest BCUT2D eigenvalue weighted by molar-refractivity contribution is 6.27. The first-order valence-corrected chi connectivity index (χ1v) is 21.5. The average Bonchev–Trinajstić information content (AvgIpc) is 3.58. The van der Waals surface area contributed by atoms with Crippen molar-refractivity contribution in [2.75, 3.05) is 0 Å². The standard InChI is InChI=1S/C59H40N4/c1-59(2)53-28-16-15-27-48(53)52-32-50-49-31-39(55-34-56(63-58(62-55)38-19-7-4-8-20-38)40-35-60-57(61-36-40)37-17-5-3-6-18-37)29-30-47(49)45-25-12-11-23-43(45)41-21-9-10-22-42(41)44-24-13-14-26-46(44)51(50)33-54(52)59/h3-36H,1-2H3. The molecule has 0 aliphatic heterocycles. The Kier molecular flexibility index (Phi) is 8.48. The molecule has 63 heavy (non-hydrogen) atoms. The minimum absolute atomic E-state index is 0.172. The van der Waals surface area contributed by atoms with Crippen LogP contribution in [0.1, 0.15) is 25.0 Å². The number of benzene rings is 8. The second-order valence-corrected chi connectivity index (χ2v) is 17.0. The SMILES string of the molecule is CC1(C)c2ccccc2-c2cc3c4cc(-c5cc(-c6cnc(-c7ccccc7)nc6)nc(-c6ccccc6)n5)ccc4c4ccccc4c4ccccc4c4ccccc4c3cc21. The third-order valence-electron chi connectivity index (χ3n) is 13.0. The van der Waals surface area contributed by atoms with Crippen LogP contribution in [0.3, 0.4) is 0 Å². The molecular weight excluding hydrogens is 765 g/mol. The van der Waals surface area contributed by atoms with Gasteiger partial charge in [0.25, 0.3) is 0 Å². The lowest BCUT2D eigenvalue weighted by Crippen LogP contribution is -2.14. The molecule has 0 fully saturated rings. The Morgan fingerprint density at radius 2 is 0.746 bits per heavy atom. The van der Waals surface area contributed by atoms with E-state index in [0.29, 0.717) is 11.6 Å². The highest BCUT2D eigenvalue weighted by Crippen LogP contribution is 2.51. The van der Waals surface area contributed by atoms with Gasteiger partial charge in [0, 0.05) is 40.1 Å². The molecule has 2 aromatic heterocycles. The van der Waals surface area contributed by atoms with Crippen molar-refractivity contribution >= 4 is 53.9 Å². The summed E-state index contributed by atoms with van der Waals surface area (Å²) in [6.07, 6.45) is 3.73. The monoisotopic (exact) mass is 804 g/mol. The van der Waals surface area contributed by atoms with Crippen LogP contribution < -0.4 is 0 Å². The van der Waals surface area contributed by atoms with E-state index >= 15 is 0 Å².